The number of aliphatic hydroxyl groups is 1. The molecule has 14 rings (SSSR count). The van der Waals surface area contributed by atoms with E-state index in [1.54, 1.807) is 37.2 Å². The second kappa shape index (κ2) is 33.1. The second-order valence-corrected chi connectivity index (χ2v) is 20.0. The van der Waals surface area contributed by atoms with Crippen LogP contribution < -0.4 is 24.5 Å². The fourth-order valence-corrected chi connectivity index (χ4v) is 9.19. The maximum absolute atomic E-state index is 10.0. The summed E-state index contributed by atoms with van der Waals surface area (Å²) in [7, 11) is 6.28. The van der Waals surface area contributed by atoms with Gasteiger partial charge in [-0.25, -0.2) is 0 Å². The molecule has 0 fully saturated rings. The average molecular weight is 1150 g/mol. The molecule has 0 saturated heterocycles. The lowest BCUT2D eigenvalue weighted by Crippen LogP contribution is -2.23. The number of anilines is 7. The molecule has 0 radical (unpaired) electrons. The molecule has 0 saturated carbocycles. The number of rotatable bonds is 7. The van der Waals surface area contributed by atoms with Crippen LogP contribution in [0.3, 0.4) is 0 Å². The molecule has 87 heavy (non-hydrogen) atoms. The minimum absolute atomic E-state index is 0.0625. The Labute approximate surface area is 511 Å². The van der Waals surface area contributed by atoms with Crippen LogP contribution in [0.5, 0.6) is 0 Å². The molecule has 3 aliphatic heterocycles. The molecule has 436 valence electrons. The van der Waals surface area contributed by atoms with Crippen LogP contribution in [-0.4, -0.2) is 86.8 Å². The molecule has 5 aromatic carbocycles. The van der Waals surface area contributed by atoms with Gasteiger partial charge < -0.3 is 34.5 Å². The van der Waals surface area contributed by atoms with E-state index in [0.717, 1.165) is 53.9 Å². The van der Waals surface area contributed by atoms with Crippen LogP contribution in [0.1, 0.15) is 13.8 Å². The van der Waals surface area contributed by atoms with E-state index in [0.29, 0.717) is 0 Å². The number of allylic oxidation sites excluding steroid dienone is 2. The van der Waals surface area contributed by atoms with Gasteiger partial charge >= 0.3 is 0 Å². The smallest absolute Gasteiger partial charge is 0.155 e. The molecular formula is C73H72N12O2. The highest BCUT2D eigenvalue weighted by molar-refractivity contribution is 5.87. The maximum atomic E-state index is 10.0. The number of carbonyl (C=O) groups is 1. The number of hydrogen-bond acceptors (Lipinski definition) is 14. The average Bonchev–Trinajstić information content (AvgIpc) is 2.20. The van der Waals surface area contributed by atoms with E-state index in [1.165, 1.54) is 59.5 Å². The van der Waals surface area contributed by atoms with Crippen molar-refractivity contribution in [2.75, 3.05) is 65.6 Å². The van der Waals surface area contributed by atoms with Crippen LogP contribution in [0, 0.1) is 0 Å². The molecule has 14 nitrogen and oxygen atoms in total. The number of benzene rings is 5. The van der Waals surface area contributed by atoms with E-state index in [-0.39, 0.29) is 11.5 Å². The Bertz CT molecular complexity index is 3400. The topological polar surface area (TPSA) is 134 Å². The predicted molar refractivity (Wildman–Crippen MR) is 357 cm³/mol. The second-order valence-electron chi connectivity index (χ2n) is 20.0. The number of hydrogen-bond donors (Lipinski definition) is 1. The summed E-state index contributed by atoms with van der Waals surface area (Å²) >= 11 is 0. The number of ketones is 1. The van der Waals surface area contributed by atoms with Gasteiger partial charge in [0.25, 0.3) is 0 Å². The van der Waals surface area contributed by atoms with Crippen molar-refractivity contribution in [2.45, 2.75) is 13.8 Å². The largest absolute Gasteiger partial charge is 0.512 e. The van der Waals surface area contributed by atoms with Crippen molar-refractivity contribution >= 4 is 45.6 Å². The van der Waals surface area contributed by atoms with Crippen molar-refractivity contribution in [3.8, 4) is 33.6 Å². The first-order chi connectivity index (χ1) is 42.6. The van der Waals surface area contributed by atoms with E-state index in [9.17, 15) is 4.79 Å². The number of fused-ring (bicyclic) bond motifs is 2. The number of aliphatic hydroxyl groups excluding tert-OH is 1. The Balaban J connectivity index is 0.000000133. The van der Waals surface area contributed by atoms with Crippen LogP contribution in [0.25, 0.3) is 33.6 Å². The van der Waals surface area contributed by atoms with E-state index in [4.69, 9.17) is 5.11 Å². The number of aromatic nitrogens is 6. The van der Waals surface area contributed by atoms with Gasteiger partial charge in [-0.2, -0.15) is 0 Å². The van der Waals surface area contributed by atoms with Crippen LogP contribution in [0.4, 0.5) is 39.8 Å². The Hall–Kier alpha value is -11.3. The summed E-state index contributed by atoms with van der Waals surface area (Å²) in [5.74, 6) is -0.0625. The van der Waals surface area contributed by atoms with Gasteiger partial charge in [0.15, 0.2) is 5.78 Å². The van der Waals surface area contributed by atoms with Crippen molar-refractivity contribution in [1.82, 2.24) is 34.8 Å². The van der Waals surface area contributed by atoms with Crippen molar-refractivity contribution < 1.29 is 9.90 Å². The van der Waals surface area contributed by atoms with Gasteiger partial charge in [-0.1, -0.05) is 127 Å². The Kier molecular flexibility index (Phi) is 23.6. The fraction of sp³-hybridized carbons (Fsp3) is 0.110. The maximum Gasteiger partial charge on any atom is 0.155 e. The molecule has 0 aliphatic carbocycles. The predicted octanol–water partition coefficient (Wildman–Crippen LogP) is 15.8. The van der Waals surface area contributed by atoms with Crippen LogP contribution in [0.2, 0.25) is 0 Å². The highest BCUT2D eigenvalue weighted by Crippen LogP contribution is 2.40. The van der Waals surface area contributed by atoms with Crippen molar-refractivity contribution in [2.24, 2.45) is 0 Å². The van der Waals surface area contributed by atoms with Gasteiger partial charge in [0.2, 0.25) is 0 Å². The molecule has 3 aliphatic rings. The summed E-state index contributed by atoms with van der Waals surface area (Å²) < 4.78 is 0. The zero-order valence-corrected chi connectivity index (χ0v) is 49.7. The van der Waals surface area contributed by atoms with Gasteiger partial charge in [-0.3, -0.25) is 34.7 Å². The quantitative estimate of drug-likeness (QED) is 0.120. The van der Waals surface area contributed by atoms with Crippen LogP contribution in [0.15, 0.2) is 311 Å². The summed E-state index contributed by atoms with van der Waals surface area (Å²) in [4.78, 5) is 48.0. The third kappa shape index (κ3) is 19.1. The molecule has 0 spiro atoms. The highest BCUT2D eigenvalue weighted by Gasteiger charge is 2.24. The lowest BCUT2D eigenvalue weighted by Gasteiger charge is -2.19. The zero-order valence-electron chi connectivity index (χ0n) is 49.7. The summed E-state index contributed by atoms with van der Waals surface area (Å²) in [6, 6.07) is 75.8. The molecule has 11 aromatic rings. The van der Waals surface area contributed by atoms with Gasteiger partial charge in [-0.15, -0.1) is 0 Å². The molecule has 0 amide bonds. The first-order valence-electron chi connectivity index (χ1n) is 28.4. The van der Waals surface area contributed by atoms with E-state index < -0.39 is 0 Å². The molecule has 14 heteroatoms. The fourth-order valence-electron chi connectivity index (χ4n) is 9.19. The van der Waals surface area contributed by atoms with Crippen LogP contribution >= 0.6 is 0 Å². The zero-order chi connectivity index (χ0) is 60.8. The summed E-state index contributed by atoms with van der Waals surface area (Å²) in [6.45, 7) is 5.56. The lowest BCUT2D eigenvalue weighted by molar-refractivity contribution is -0.112. The third-order valence-electron chi connectivity index (χ3n) is 13.3. The minimum atomic E-state index is -0.125. The van der Waals surface area contributed by atoms with Crippen molar-refractivity contribution in [3.63, 3.8) is 0 Å². The number of nitrogens with zero attached hydrogens (tertiary/aromatic N) is 12. The van der Waals surface area contributed by atoms with Gasteiger partial charge in [-0.05, 0) is 122 Å². The highest BCUT2D eigenvalue weighted by atomic mass is 16.3. The monoisotopic (exact) mass is 1150 g/mol. The van der Waals surface area contributed by atoms with Crippen LogP contribution in [-0.2, 0) is 4.79 Å². The van der Waals surface area contributed by atoms with Gasteiger partial charge in [0.1, 0.15) is 0 Å². The van der Waals surface area contributed by atoms with E-state index in [1.807, 2.05) is 123 Å². The van der Waals surface area contributed by atoms with E-state index in [2.05, 4.69) is 219 Å². The molecule has 9 heterocycles. The summed E-state index contributed by atoms with van der Waals surface area (Å²) in [6.07, 6.45) is 23.3. The molecule has 1 N–H and O–H groups in total. The van der Waals surface area contributed by atoms with Gasteiger partial charge in [0, 0.05) is 106 Å². The molecule has 0 unspecified atom stereocenters. The number of pyridine rings is 6. The SMILES string of the molecule is CC(=O)C=C(C)O.CN1C=CN(c2cccnc2)C1.CN1CN(c2ccccc2)c2ccccc21.CN1CN(c2cccnc2)c2ccccc21.c1ccc(-c2ccccc2)cc1.c1ccc(-c2ccccn2)nc1.c1cncc(-c2cccnc2)c1. The minimum Gasteiger partial charge on any atom is -0.512 e. The Morgan fingerprint density at radius 3 is 1.13 bits per heavy atom. The number of carbonyl (C=O) groups excluding carboxylic acids is 1. The van der Waals surface area contributed by atoms with Crippen molar-refractivity contribution in [1.29, 1.82) is 0 Å². The van der Waals surface area contributed by atoms with Gasteiger partial charge in [0.05, 0.1) is 83.7 Å². The number of para-hydroxylation sites is 5. The lowest BCUT2D eigenvalue weighted by atomic mass is 10.1. The summed E-state index contributed by atoms with van der Waals surface area (Å²) in [5.41, 5.74) is 15.2. The summed E-state index contributed by atoms with van der Waals surface area (Å²) in [5, 5.41) is 8.36. The standard InChI is InChI=1S/C14H14N2.C13H13N3.C12H10.2C10H8N2.C9H11N3.C5H8O2/c1-15-11-16(12-7-3-2-4-8-12)14-10-6-5-9-13(14)15;1-15-10-16(11-5-4-8-14-9-11)13-7-3-2-6-12(13)15;1-3-7-11(8-4-1)12-9-5-2-6-10-12;1-3-9(7-11-5-1)10-4-2-6-12-8-10;1-3-7-11-9(5-1)10-6-2-4-8-12-10;1-11-5-6-12(8-11)9-3-2-4-10-7-9;1-4(6)3-5(2)7/h2-10H,11H2,1H3;2-9H,10H2,1H3;1-10H;2*1-8H;2-7H,8H2,1H3;3,6H,1-2H3. The Morgan fingerprint density at radius 2 is 0.759 bits per heavy atom. The van der Waals surface area contributed by atoms with E-state index >= 15 is 0 Å². The molecular weight excluding hydrogens is 1080 g/mol. The van der Waals surface area contributed by atoms with Crippen molar-refractivity contribution in [3.05, 3.63) is 311 Å². The third-order valence-corrected chi connectivity index (χ3v) is 13.3. The molecule has 6 aromatic heterocycles. The molecule has 0 bridgehead atoms. The molecule has 0 atom stereocenters. The normalized spacial score (nSPS) is 12.3. The first-order valence-corrected chi connectivity index (χ1v) is 28.4. The Morgan fingerprint density at radius 1 is 0.379 bits per heavy atom. The first kappa shape index (κ1) is 61.8.